The number of carbonyl (C=O) groups is 3. The Morgan fingerprint density at radius 2 is 1.86 bits per heavy atom. The summed E-state index contributed by atoms with van der Waals surface area (Å²) >= 11 is 0. The second-order valence-electron chi connectivity index (χ2n) is 7.15. The lowest BCUT2D eigenvalue weighted by Crippen LogP contribution is -2.43. The largest absolute Gasteiger partial charge is 0.483 e. The molecule has 4 N–H and O–H groups in total. The Labute approximate surface area is 168 Å². The molecule has 1 aliphatic heterocycles. The van der Waals surface area contributed by atoms with Crippen LogP contribution in [0.1, 0.15) is 25.7 Å². The molecule has 3 atom stereocenters. The van der Waals surface area contributed by atoms with Crippen molar-refractivity contribution in [3.8, 4) is 0 Å². The summed E-state index contributed by atoms with van der Waals surface area (Å²) in [7, 11) is -2.97. The van der Waals surface area contributed by atoms with E-state index in [2.05, 4.69) is 15.7 Å². The molecule has 0 bridgehead atoms. The van der Waals surface area contributed by atoms with Gasteiger partial charge in [0.2, 0.25) is 11.8 Å². The molecule has 0 radical (unpaired) electrons. The summed E-state index contributed by atoms with van der Waals surface area (Å²) in [4.78, 5) is 32.8. The Balaban J connectivity index is 0.000000941. The Kier molecular flexibility index (Phi) is 8.14. The van der Waals surface area contributed by atoms with Crippen LogP contribution in [0.15, 0.2) is 18.5 Å². The molecule has 29 heavy (non-hydrogen) atoms. The quantitative estimate of drug-likeness (QED) is 0.411. The molecule has 2 aliphatic rings. The summed E-state index contributed by atoms with van der Waals surface area (Å²) in [6.45, 7) is -0.191. The normalized spacial score (nSPS) is 26.0. The van der Waals surface area contributed by atoms with E-state index in [0.29, 0.717) is 19.3 Å². The minimum atomic E-state index is -2.97. The van der Waals surface area contributed by atoms with Crippen LogP contribution < -0.4 is 10.6 Å². The molecule has 2 heterocycles. The number of hydrogen-bond donors (Lipinski definition) is 4. The van der Waals surface area contributed by atoms with Crippen molar-refractivity contribution in [2.75, 3.05) is 11.5 Å². The van der Waals surface area contributed by atoms with Crippen LogP contribution in [0.5, 0.6) is 0 Å². The molecule has 0 unspecified atom stereocenters. The van der Waals surface area contributed by atoms with Crippen molar-refractivity contribution in [1.82, 2.24) is 20.4 Å². The maximum absolute atomic E-state index is 12.4. The predicted octanol–water partition coefficient (Wildman–Crippen LogP) is -1.47. The molecule has 3 rings (SSSR count). The molecule has 2 fully saturated rings. The van der Waals surface area contributed by atoms with Gasteiger partial charge in [-0.2, -0.15) is 5.10 Å². The molecule has 12 heteroatoms. The maximum atomic E-state index is 12.4. The van der Waals surface area contributed by atoms with Crippen molar-refractivity contribution in [3.63, 3.8) is 0 Å². The third-order valence-electron chi connectivity index (χ3n) is 5.01. The van der Waals surface area contributed by atoms with Gasteiger partial charge in [-0.15, -0.1) is 0 Å². The number of aromatic nitrogens is 2. The van der Waals surface area contributed by atoms with Gasteiger partial charge in [-0.05, 0) is 31.7 Å². The van der Waals surface area contributed by atoms with E-state index >= 15 is 0 Å². The van der Waals surface area contributed by atoms with Crippen molar-refractivity contribution < 1.29 is 33.0 Å². The standard InChI is InChI=1S/C16H24N4O5S.CH2O2/c21-14-9-11(16(23)18-12-2-6-26(24,25)7-3-12)8-13(14)19-15(22)10-20-5-1-4-17-20;2-1-3/h1,4-5,11-14,21H,2-3,6-10H2,(H,18,23)(H,19,22);1H,(H,2,3)/t11-,13+,14+;/m0./s1. The zero-order chi connectivity index (χ0) is 21.4. The zero-order valence-electron chi connectivity index (χ0n) is 15.8. The van der Waals surface area contributed by atoms with Gasteiger partial charge in [-0.3, -0.25) is 19.1 Å². The summed E-state index contributed by atoms with van der Waals surface area (Å²) in [5, 5.41) is 26.6. The molecule has 1 saturated carbocycles. The van der Waals surface area contributed by atoms with Crippen molar-refractivity contribution in [2.45, 2.75) is 50.4 Å². The number of hydrogen-bond acceptors (Lipinski definition) is 7. The van der Waals surface area contributed by atoms with Crippen LogP contribution in [0.2, 0.25) is 0 Å². The Morgan fingerprint density at radius 1 is 1.21 bits per heavy atom. The molecule has 162 valence electrons. The van der Waals surface area contributed by atoms with E-state index in [0.717, 1.165) is 0 Å². The number of aliphatic hydroxyl groups is 1. The first-order valence-electron chi connectivity index (χ1n) is 9.27. The van der Waals surface area contributed by atoms with E-state index in [-0.39, 0.29) is 48.8 Å². The number of aliphatic hydroxyl groups excluding tert-OH is 1. The van der Waals surface area contributed by atoms with Crippen molar-refractivity contribution in [2.24, 2.45) is 5.92 Å². The van der Waals surface area contributed by atoms with Crippen LogP contribution in [0.4, 0.5) is 0 Å². The molecule has 0 aromatic carbocycles. The SMILES string of the molecule is O=C(Cn1cccn1)N[C@@H]1C[C@H](C(=O)NC2CCS(=O)(=O)CC2)C[C@H]1O.O=CO. The summed E-state index contributed by atoms with van der Waals surface area (Å²) < 4.78 is 24.4. The predicted molar refractivity (Wildman–Crippen MR) is 101 cm³/mol. The third-order valence-corrected chi connectivity index (χ3v) is 6.73. The van der Waals surface area contributed by atoms with Crippen LogP contribution in [0, 0.1) is 5.92 Å². The fraction of sp³-hybridized carbons (Fsp3) is 0.647. The van der Waals surface area contributed by atoms with E-state index in [4.69, 9.17) is 9.90 Å². The van der Waals surface area contributed by atoms with Gasteiger partial charge in [0.25, 0.3) is 6.47 Å². The van der Waals surface area contributed by atoms with E-state index < -0.39 is 27.9 Å². The third kappa shape index (κ3) is 7.13. The highest BCUT2D eigenvalue weighted by Gasteiger charge is 2.38. The summed E-state index contributed by atoms with van der Waals surface area (Å²) in [5.74, 6) is -0.652. The molecule has 2 amide bonds. The Morgan fingerprint density at radius 3 is 2.45 bits per heavy atom. The number of rotatable bonds is 5. The number of nitrogens with one attached hydrogen (secondary N) is 2. The highest BCUT2D eigenvalue weighted by molar-refractivity contribution is 7.91. The van der Waals surface area contributed by atoms with Crippen LogP contribution in [-0.2, 0) is 30.8 Å². The van der Waals surface area contributed by atoms with E-state index in [1.54, 1.807) is 18.5 Å². The minimum absolute atomic E-state index is 0.0592. The van der Waals surface area contributed by atoms with Gasteiger partial charge >= 0.3 is 0 Å². The first-order valence-corrected chi connectivity index (χ1v) is 11.1. The summed E-state index contributed by atoms with van der Waals surface area (Å²) in [5.41, 5.74) is 0. The minimum Gasteiger partial charge on any atom is -0.483 e. The average Bonchev–Trinajstić information content (AvgIpc) is 3.28. The van der Waals surface area contributed by atoms with Gasteiger partial charge in [-0.25, -0.2) is 8.42 Å². The van der Waals surface area contributed by atoms with Crippen LogP contribution in [0.25, 0.3) is 0 Å². The average molecular weight is 430 g/mol. The molecular weight excluding hydrogens is 404 g/mol. The second-order valence-corrected chi connectivity index (χ2v) is 9.46. The fourth-order valence-electron chi connectivity index (χ4n) is 3.53. The van der Waals surface area contributed by atoms with Gasteiger partial charge < -0.3 is 20.8 Å². The van der Waals surface area contributed by atoms with Gasteiger partial charge in [0.05, 0.1) is 23.7 Å². The number of carbonyl (C=O) groups excluding carboxylic acids is 2. The lowest BCUT2D eigenvalue weighted by Gasteiger charge is -2.24. The molecule has 11 nitrogen and oxygen atoms in total. The smallest absolute Gasteiger partial charge is 0.290 e. The highest BCUT2D eigenvalue weighted by Crippen LogP contribution is 2.27. The molecule has 1 aromatic rings. The highest BCUT2D eigenvalue weighted by atomic mass is 32.2. The van der Waals surface area contributed by atoms with E-state index in [1.807, 2.05) is 0 Å². The Bertz CT molecular complexity index is 783. The summed E-state index contributed by atoms with van der Waals surface area (Å²) in [6.07, 6.45) is 3.96. The molecule has 1 saturated heterocycles. The van der Waals surface area contributed by atoms with Crippen molar-refractivity contribution in [3.05, 3.63) is 18.5 Å². The molecule has 1 aliphatic carbocycles. The van der Waals surface area contributed by atoms with E-state index in [9.17, 15) is 23.1 Å². The number of sulfone groups is 1. The fourth-order valence-corrected chi connectivity index (χ4v) is 5.02. The topological polar surface area (TPSA) is 168 Å². The lowest BCUT2D eigenvalue weighted by atomic mass is 10.1. The second kappa shape index (κ2) is 10.3. The maximum Gasteiger partial charge on any atom is 0.290 e. The van der Waals surface area contributed by atoms with Gasteiger partial charge in [0.1, 0.15) is 16.4 Å². The van der Waals surface area contributed by atoms with Crippen LogP contribution in [-0.4, -0.2) is 76.4 Å². The number of amides is 2. The Hall–Kier alpha value is -2.47. The lowest BCUT2D eigenvalue weighted by molar-refractivity contribution is -0.126. The van der Waals surface area contributed by atoms with Crippen LogP contribution in [0.3, 0.4) is 0 Å². The molecular formula is C17H26N4O7S. The molecule has 1 aromatic heterocycles. The first kappa shape index (κ1) is 22.8. The van der Waals surface area contributed by atoms with Gasteiger partial charge in [-0.1, -0.05) is 0 Å². The van der Waals surface area contributed by atoms with Crippen molar-refractivity contribution in [1.29, 1.82) is 0 Å². The van der Waals surface area contributed by atoms with Gasteiger partial charge in [0.15, 0.2) is 0 Å². The number of nitrogens with zero attached hydrogens (tertiary/aromatic N) is 2. The van der Waals surface area contributed by atoms with Gasteiger partial charge in [0, 0.05) is 24.4 Å². The van der Waals surface area contributed by atoms with Crippen LogP contribution >= 0.6 is 0 Å². The first-order chi connectivity index (χ1) is 13.7. The summed E-state index contributed by atoms with van der Waals surface area (Å²) in [6, 6.07) is 1.10. The zero-order valence-corrected chi connectivity index (χ0v) is 16.6. The van der Waals surface area contributed by atoms with E-state index in [1.165, 1.54) is 4.68 Å². The molecule has 0 spiro atoms. The number of carboxylic acid groups (broad SMARTS) is 1. The van der Waals surface area contributed by atoms with Crippen molar-refractivity contribution >= 4 is 28.1 Å². The monoisotopic (exact) mass is 430 g/mol.